The van der Waals surface area contributed by atoms with E-state index in [1.54, 1.807) is 6.08 Å². The molecule has 0 aliphatic carbocycles. The number of aliphatic carboxylic acids is 1. The first kappa shape index (κ1) is 28.9. The Labute approximate surface area is 254 Å². The monoisotopic (exact) mass is 625 g/mol. The summed E-state index contributed by atoms with van der Waals surface area (Å²) in [6.07, 6.45) is 6.91. The number of hydrogen-bond donors (Lipinski definition) is 4. The summed E-state index contributed by atoms with van der Waals surface area (Å²) < 4.78 is 2.10. The molecule has 6 rings (SSSR count). The molecule has 2 aromatic rings. The van der Waals surface area contributed by atoms with Crippen molar-refractivity contribution in [2.45, 2.75) is 48.9 Å². The fourth-order valence-corrected chi connectivity index (χ4v) is 7.85. The Hall–Kier alpha value is -4.15. The van der Waals surface area contributed by atoms with E-state index in [2.05, 4.69) is 25.4 Å². The van der Waals surface area contributed by atoms with Crippen molar-refractivity contribution >= 4 is 51.9 Å². The third-order valence-corrected chi connectivity index (χ3v) is 10.0. The number of nitroso groups, excluding NO2 is 1. The Morgan fingerprint density at radius 2 is 2.09 bits per heavy atom. The Balaban J connectivity index is 1.13. The number of fused-ring (bicyclic) bond motifs is 1. The number of carbonyl (C=O) groups is 4. The predicted octanol–water partition coefficient (Wildman–Crippen LogP) is 0.148. The summed E-state index contributed by atoms with van der Waals surface area (Å²) in [6.45, 7) is 2.02. The maximum absolute atomic E-state index is 13.4. The van der Waals surface area contributed by atoms with Gasteiger partial charge in [-0.05, 0) is 29.7 Å². The molecule has 5 N–H and O–H groups in total. The van der Waals surface area contributed by atoms with Crippen molar-refractivity contribution in [3.05, 3.63) is 69.5 Å². The zero-order chi connectivity index (χ0) is 30.2. The average molecular weight is 626 g/mol. The van der Waals surface area contributed by atoms with Crippen molar-refractivity contribution in [3.8, 4) is 0 Å². The number of nitrogens with two attached hydrogens (primary N) is 1. The van der Waals surface area contributed by atoms with Gasteiger partial charge in [0, 0.05) is 48.0 Å². The number of nitrogens with zero attached hydrogens (tertiary/aromatic N) is 5. The molecule has 16 heteroatoms. The summed E-state index contributed by atoms with van der Waals surface area (Å²) in [5.41, 5.74) is 6.33. The summed E-state index contributed by atoms with van der Waals surface area (Å²) in [5, 5.41) is 19.8. The second-order valence-electron chi connectivity index (χ2n) is 10.7. The molecule has 3 unspecified atom stereocenters. The largest absolute Gasteiger partial charge is 0.477 e. The molecular formula is C27H29N8O6S2+. The van der Waals surface area contributed by atoms with Crippen molar-refractivity contribution in [2.75, 3.05) is 24.6 Å². The molecular weight excluding hydrogens is 596 g/mol. The fourth-order valence-electron chi connectivity index (χ4n) is 5.96. The first-order valence-electron chi connectivity index (χ1n) is 13.7. The Kier molecular flexibility index (Phi) is 7.98. The average Bonchev–Trinajstić information content (AvgIpc) is 3.73. The van der Waals surface area contributed by atoms with E-state index < -0.39 is 35.2 Å². The number of anilines is 1. The van der Waals surface area contributed by atoms with E-state index in [4.69, 9.17) is 5.73 Å². The van der Waals surface area contributed by atoms with Crippen LogP contribution in [0, 0.1) is 4.91 Å². The molecule has 3 saturated heterocycles. The number of nitrogens with one attached hydrogen (secondary N) is 2. The van der Waals surface area contributed by atoms with Gasteiger partial charge in [-0.2, -0.15) is 0 Å². The van der Waals surface area contributed by atoms with E-state index in [1.165, 1.54) is 17.1 Å². The van der Waals surface area contributed by atoms with Crippen LogP contribution in [0.25, 0.3) is 0 Å². The van der Waals surface area contributed by atoms with Crippen molar-refractivity contribution in [1.82, 2.24) is 25.4 Å². The number of likely N-dealkylation sites (tertiary alicyclic amines) is 1. The number of carboxylic acid groups (broad SMARTS) is 1. The molecule has 2 aromatic heterocycles. The number of nitrogen functional groups attached to an aromatic ring is 1. The van der Waals surface area contributed by atoms with Crippen LogP contribution >= 0.6 is 23.1 Å². The van der Waals surface area contributed by atoms with Gasteiger partial charge in [-0.1, -0.05) is 6.07 Å². The number of carbonyl (C=O) groups excluding carboxylic acids is 3. The summed E-state index contributed by atoms with van der Waals surface area (Å²) in [7, 11) is 0. The van der Waals surface area contributed by atoms with Crippen LogP contribution in [0.2, 0.25) is 0 Å². The minimum absolute atomic E-state index is 0.0393. The van der Waals surface area contributed by atoms with Crippen LogP contribution in [0.4, 0.5) is 5.13 Å². The van der Waals surface area contributed by atoms with Crippen LogP contribution in [-0.2, 0) is 25.7 Å². The lowest BCUT2D eigenvalue weighted by atomic mass is 10.0. The second kappa shape index (κ2) is 11.9. The SMILES string of the molecule is Nc1nc(C(N=O)C(=O)N[C@@H]2C(=O)N3C(C(=O)O)=C(C=C4CCN(C5CNC(C[n+]6ccccc6)C5)C4=O)CS[C@H]23)cs1. The van der Waals surface area contributed by atoms with Gasteiger partial charge in [0.1, 0.15) is 17.1 Å². The highest BCUT2D eigenvalue weighted by atomic mass is 32.2. The van der Waals surface area contributed by atoms with E-state index in [0.717, 1.165) is 29.2 Å². The number of carboxylic acids is 1. The van der Waals surface area contributed by atoms with Crippen LogP contribution in [-0.4, -0.2) is 85.9 Å². The lowest BCUT2D eigenvalue weighted by Crippen LogP contribution is -2.70. The minimum Gasteiger partial charge on any atom is -0.477 e. The number of hydrogen-bond acceptors (Lipinski definition) is 11. The summed E-state index contributed by atoms with van der Waals surface area (Å²) in [4.78, 5) is 69.8. The predicted molar refractivity (Wildman–Crippen MR) is 156 cm³/mol. The highest BCUT2D eigenvalue weighted by Gasteiger charge is 2.54. The third kappa shape index (κ3) is 5.52. The van der Waals surface area contributed by atoms with E-state index in [0.29, 0.717) is 30.7 Å². The molecule has 4 aliphatic rings. The maximum Gasteiger partial charge on any atom is 0.352 e. The Morgan fingerprint density at radius 3 is 2.79 bits per heavy atom. The number of rotatable bonds is 9. The number of amides is 3. The zero-order valence-electron chi connectivity index (χ0n) is 22.8. The summed E-state index contributed by atoms with van der Waals surface area (Å²) in [6, 6.07) is 3.66. The zero-order valence-corrected chi connectivity index (χ0v) is 24.4. The van der Waals surface area contributed by atoms with Crippen molar-refractivity contribution in [1.29, 1.82) is 0 Å². The molecule has 3 fully saturated rings. The maximum atomic E-state index is 13.4. The van der Waals surface area contributed by atoms with E-state index in [1.807, 2.05) is 35.5 Å². The lowest BCUT2D eigenvalue weighted by Gasteiger charge is -2.49. The van der Waals surface area contributed by atoms with E-state index in [-0.39, 0.29) is 40.3 Å². The van der Waals surface area contributed by atoms with E-state index in [9.17, 15) is 29.2 Å². The van der Waals surface area contributed by atoms with Gasteiger partial charge in [0.15, 0.2) is 24.1 Å². The van der Waals surface area contributed by atoms with Gasteiger partial charge in [0.05, 0.1) is 11.7 Å². The molecule has 0 radical (unpaired) electrons. The highest BCUT2D eigenvalue weighted by molar-refractivity contribution is 8.00. The topological polar surface area (TPSA) is 191 Å². The number of aromatic nitrogens is 2. The molecule has 0 bridgehead atoms. The summed E-state index contributed by atoms with van der Waals surface area (Å²) in [5.74, 6) is -2.66. The molecule has 3 amide bonds. The van der Waals surface area contributed by atoms with Gasteiger partial charge in [-0.15, -0.1) is 28.0 Å². The Morgan fingerprint density at radius 1 is 1.30 bits per heavy atom. The van der Waals surface area contributed by atoms with Gasteiger partial charge >= 0.3 is 5.97 Å². The number of thioether (sulfide) groups is 1. The normalized spacial score (nSPS) is 26.8. The minimum atomic E-state index is -1.49. The van der Waals surface area contributed by atoms with Gasteiger partial charge < -0.3 is 26.4 Å². The lowest BCUT2D eigenvalue weighted by molar-refractivity contribution is -0.699. The number of allylic oxidation sites excluding steroid dienone is 1. The molecule has 5 atom stereocenters. The smallest absolute Gasteiger partial charge is 0.352 e. The number of thiazole rings is 1. The molecule has 0 saturated carbocycles. The number of β-lactam (4-membered cyclic amide) rings is 1. The van der Waals surface area contributed by atoms with Crippen molar-refractivity contribution in [3.63, 3.8) is 0 Å². The third-order valence-electron chi connectivity index (χ3n) is 8.03. The first-order valence-corrected chi connectivity index (χ1v) is 15.6. The molecule has 6 heterocycles. The molecule has 14 nitrogen and oxygen atoms in total. The first-order chi connectivity index (χ1) is 20.7. The molecule has 0 aromatic carbocycles. The number of pyridine rings is 1. The Bertz CT molecular complexity index is 1540. The van der Waals surface area contributed by atoms with Crippen LogP contribution in [0.5, 0.6) is 0 Å². The quantitative estimate of drug-likeness (QED) is 0.129. The van der Waals surface area contributed by atoms with Crippen LogP contribution in [0.3, 0.4) is 0 Å². The van der Waals surface area contributed by atoms with Gasteiger partial charge in [0.25, 0.3) is 11.8 Å². The standard InChI is InChI=1S/C27H28N8O6S2/c28-27-30-18(13-43-27)19(32-41)22(36)31-20-24(38)35-21(26(39)40)15(12-42-25(20)35)8-14-4-7-34(23(14)37)17-9-16(29-10-17)11-33-5-2-1-3-6-33/h1-3,5-6,8,13,16-17,19-20,25,29H,4,7,9-12H2,(H3-,28,30,31,36,39,40)/p+1/t16?,17?,19?,20-,25-/m1/s1. The van der Waals surface area contributed by atoms with Crippen molar-refractivity contribution in [2.24, 2.45) is 5.18 Å². The van der Waals surface area contributed by atoms with Gasteiger partial charge in [-0.3, -0.25) is 19.3 Å². The van der Waals surface area contributed by atoms with Crippen LogP contribution in [0.15, 0.2) is 64.1 Å². The molecule has 224 valence electrons. The second-order valence-corrected chi connectivity index (χ2v) is 12.7. The molecule has 0 spiro atoms. The van der Waals surface area contributed by atoms with Crippen LogP contribution in [0.1, 0.15) is 24.6 Å². The molecule has 4 aliphatic heterocycles. The van der Waals surface area contributed by atoms with Crippen molar-refractivity contribution < 1.29 is 28.9 Å². The van der Waals surface area contributed by atoms with Gasteiger partial charge in [-0.25, -0.2) is 14.3 Å². The molecule has 43 heavy (non-hydrogen) atoms. The van der Waals surface area contributed by atoms with Crippen LogP contribution < -0.4 is 20.9 Å². The fraction of sp³-hybridized carbons (Fsp3) is 0.407. The van der Waals surface area contributed by atoms with E-state index >= 15 is 0 Å². The van der Waals surface area contributed by atoms with Gasteiger partial charge in [0.2, 0.25) is 11.9 Å². The summed E-state index contributed by atoms with van der Waals surface area (Å²) >= 11 is 2.32. The highest BCUT2D eigenvalue weighted by Crippen LogP contribution is 2.41.